The first kappa shape index (κ1) is 15.0. The fourth-order valence-electron chi connectivity index (χ4n) is 2.73. The minimum Gasteiger partial charge on any atom is -0.359 e. The van der Waals surface area contributed by atoms with Crippen LogP contribution in [0.1, 0.15) is 25.5 Å². The number of hydrogen-bond donors (Lipinski definition) is 1. The summed E-state index contributed by atoms with van der Waals surface area (Å²) in [7, 11) is 0. The van der Waals surface area contributed by atoms with Gasteiger partial charge in [0.05, 0.1) is 5.69 Å². The summed E-state index contributed by atoms with van der Waals surface area (Å²) in [6, 6.07) is 0.416. The Kier molecular flexibility index (Phi) is 4.42. The van der Waals surface area contributed by atoms with Gasteiger partial charge in [0, 0.05) is 43.4 Å². The lowest BCUT2D eigenvalue weighted by molar-refractivity contribution is 0.519. The molecule has 0 saturated carbocycles. The molecule has 0 aromatic carbocycles. The molecule has 0 bridgehead atoms. The Hall–Kier alpha value is -1.89. The molecule has 7 heteroatoms. The van der Waals surface area contributed by atoms with E-state index in [2.05, 4.69) is 25.6 Å². The van der Waals surface area contributed by atoms with E-state index >= 15 is 0 Å². The smallest absolute Gasteiger partial charge is 0.293 e. The van der Waals surface area contributed by atoms with Crippen LogP contribution in [0.2, 0.25) is 0 Å². The maximum Gasteiger partial charge on any atom is 0.293 e. The third kappa shape index (κ3) is 3.14. The molecule has 1 aliphatic heterocycles. The lowest BCUT2D eigenvalue weighted by Crippen LogP contribution is -2.42. The zero-order valence-electron chi connectivity index (χ0n) is 13.0. The number of rotatable bonds is 4. The fraction of sp³-hybridized carbons (Fsp3) is 0.533. The standard InChI is InChI=1S/C15H21N5OS/c1-3-19-9-6-16-13(14(19)21)20-7-4-12(5-8-20)18-15-17-11(2)10-22-15/h6,9-10,12H,3-5,7-8H2,1-2H3,(H,17,18). The highest BCUT2D eigenvalue weighted by Gasteiger charge is 2.22. The number of anilines is 2. The van der Waals surface area contributed by atoms with Crippen molar-refractivity contribution in [3.8, 4) is 0 Å². The van der Waals surface area contributed by atoms with Gasteiger partial charge in [0.1, 0.15) is 0 Å². The minimum atomic E-state index is 0.00644. The van der Waals surface area contributed by atoms with Gasteiger partial charge < -0.3 is 14.8 Å². The second-order valence-electron chi connectivity index (χ2n) is 5.54. The van der Waals surface area contributed by atoms with E-state index < -0.39 is 0 Å². The van der Waals surface area contributed by atoms with E-state index in [1.807, 2.05) is 13.8 Å². The van der Waals surface area contributed by atoms with Gasteiger partial charge in [-0.15, -0.1) is 11.3 Å². The summed E-state index contributed by atoms with van der Waals surface area (Å²) in [5.41, 5.74) is 1.06. The zero-order valence-corrected chi connectivity index (χ0v) is 13.8. The van der Waals surface area contributed by atoms with Gasteiger partial charge in [0.25, 0.3) is 5.56 Å². The van der Waals surface area contributed by atoms with E-state index in [0.29, 0.717) is 18.4 Å². The SMILES string of the molecule is CCn1ccnc(N2CCC(Nc3nc(C)cs3)CC2)c1=O. The molecule has 1 N–H and O–H groups in total. The molecule has 2 aromatic heterocycles. The lowest BCUT2D eigenvalue weighted by atomic mass is 10.1. The molecular formula is C15H21N5OS. The summed E-state index contributed by atoms with van der Waals surface area (Å²) in [5, 5.41) is 6.53. The number of aryl methyl sites for hydroxylation is 2. The van der Waals surface area contributed by atoms with Gasteiger partial charge in [-0.05, 0) is 26.7 Å². The van der Waals surface area contributed by atoms with E-state index in [4.69, 9.17) is 0 Å². The van der Waals surface area contributed by atoms with E-state index in [0.717, 1.165) is 36.8 Å². The van der Waals surface area contributed by atoms with Gasteiger partial charge in [0.2, 0.25) is 0 Å². The maximum atomic E-state index is 12.3. The molecule has 118 valence electrons. The van der Waals surface area contributed by atoms with Crippen LogP contribution in [-0.2, 0) is 6.54 Å². The predicted octanol–water partition coefficient (Wildman–Crippen LogP) is 2.11. The molecule has 3 heterocycles. The van der Waals surface area contributed by atoms with E-state index in [1.165, 1.54) is 0 Å². The summed E-state index contributed by atoms with van der Waals surface area (Å²) >= 11 is 1.65. The number of nitrogens with one attached hydrogen (secondary N) is 1. The fourth-order valence-corrected chi connectivity index (χ4v) is 3.50. The van der Waals surface area contributed by atoms with Crippen molar-refractivity contribution in [2.24, 2.45) is 0 Å². The highest BCUT2D eigenvalue weighted by molar-refractivity contribution is 7.13. The molecule has 0 amide bonds. The van der Waals surface area contributed by atoms with Gasteiger partial charge in [-0.3, -0.25) is 4.79 Å². The highest BCUT2D eigenvalue weighted by atomic mass is 32.1. The molecule has 1 saturated heterocycles. The van der Waals surface area contributed by atoms with Gasteiger partial charge in [-0.2, -0.15) is 0 Å². The molecule has 3 rings (SSSR count). The quantitative estimate of drug-likeness (QED) is 0.935. The van der Waals surface area contributed by atoms with Crippen LogP contribution in [0.4, 0.5) is 10.9 Å². The molecule has 0 atom stereocenters. The molecule has 0 unspecified atom stereocenters. The van der Waals surface area contributed by atoms with Crippen molar-refractivity contribution in [2.45, 2.75) is 39.3 Å². The molecular weight excluding hydrogens is 298 g/mol. The van der Waals surface area contributed by atoms with Crippen LogP contribution in [0.3, 0.4) is 0 Å². The van der Waals surface area contributed by atoms with Crippen LogP contribution < -0.4 is 15.8 Å². The van der Waals surface area contributed by atoms with Crippen LogP contribution in [0.15, 0.2) is 22.6 Å². The lowest BCUT2D eigenvalue weighted by Gasteiger charge is -2.32. The average Bonchev–Trinajstić information content (AvgIpc) is 2.94. The summed E-state index contributed by atoms with van der Waals surface area (Å²) < 4.78 is 1.70. The van der Waals surface area contributed by atoms with E-state index in [1.54, 1.807) is 28.3 Å². The monoisotopic (exact) mass is 319 g/mol. The molecule has 22 heavy (non-hydrogen) atoms. The van der Waals surface area contributed by atoms with Gasteiger partial charge >= 0.3 is 0 Å². The second-order valence-corrected chi connectivity index (χ2v) is 6.40. The van der Waals surface area contributed by atoms with Crippen molar-refractivity contribution in [1.29, 1.82) is 0 Å². The summed E-state index contributed by atoms with van der Waals surface area (Å²) in [6.45, 7) is 6.34. The van der Waals surface area contributed by atoms with Gasteiger partial charge in [-0.1, -0.05) is 0 Å². The first-order chi connectivity index (χ1) is 10.7. The Labute approximate surface area is 133 Å². The molecule has 0 spiro atoms. The molecule has 1 fully saturated rings. The Morgan fingerprint density at radius 2 is 2.18 bits per heavy atom. The van der Waals surface area contributed by atoms with Crippen LogP contribution in [0, 0.1) is 6.92 Å². The molecule has 1 aliphatic rings. The Bertz CT molecular complexity index is 687. The largest absolute Gasteiger partial charge is 0.359 e. The zero-order chi connectivity index (χ0) is 15.5. The number of nitrogens with zero attached hydrogens (tertiary/aromatic N) is 4. The topological polar surface area (TPSA) is 63.1 Å². The van der Waals surface area contributed by atoms with Crippen LogP contribution >= 0.6 is 11.3 Å². The number of aromatic nitrogens is 3. The van der Waals surface area contributed by atoms with Gasteiger partial charge in [0.15, 0.2) is 10.9 Å². The summed E-state index contributed by atoms with van der Waals surface area (Å²) in [5.74, 6) is 0.577. The number of thiazole rings is 1. The molecule has 0 radical (unpaired) electrons. The molecule has 0 aliphatic carbocycles. The Morgan fingerprint density at radius 3 is 2.82 bits per heavy atom. The van der Waals surface area contributed by atoms with Crippen molar-refractivity contribution in [3.05, 3.63) is 33.8 Å². The van der Waals surface area contributed by atoms with Crippen molar-refractivity contribution < 1.29 is 0 Å². The Morgan fingerprint density at radius 1 is 1.41 bits per heavy atom. The van der Waals surface area contributed by atoms with Crippen molar-refractivity contribution in [3.63, 3.8) is 0 Å². The highest BCUT2D eigenvalue weighted by Crippen LogP contribution is 2.21. The first-order valence-electron chi connectivity index (χ1n) is 7.66. The van der Waals surface area contributed by atoms with Crippen LogP contribution in [-0.4, -0.2) is 33.7 Å². The Balaban J connectivity index is 1.63. The molecule has 6 nitrogen and oxygen atoms in total. The van der Waals surface area contributed by atoms with Crippen LogP contribution in [0.25, 0.3) is 0 Å². The van der Waals surface area contributed by atoms with Crippen molar-refractivity contribution >= 4 is 22.3 Å². The summed E-state index contributed by atoms with van der Waals surface area (Å²) in [6.07, 6.45) is 5.43. The normalized spacial score (nSPS) is 16.0. The van der Waals surface area contributed by atoms with Gasteiger partial charge in [-0.25, -0.2) is 9.97 Å². The predicted molar refractivity (Wildman–Crippen MR) is 89.9 cm³/mol. The van der Waals surface area contributed by atoms with Crippen LogP contribution in [0.5, 0.6) is 0 Å². The third-order valence-corrected chi connectivity index (χ3v) is 4.87. The number of hydrogen-bond acceptors (Lipinski definition) is 6. The third-order valence-electron chi connectivity index (χ3n) is 3.98. The number of piperidine rings is 1. The summed E-state index contributed by atoms with van der Waals surface area (Å²) in [4.78, 5) is 23.1. The second kappa shape index (κ2) is 6.48. The molecule has 2 aromatic rings. The maximum absolute atomic E-state index is 12.3. The van der Waals surface area contributed by atoms with E-state index in [9.17, 15) is 4.79 Å². The average molecular weight is 319 g/mol. The first-order valence-corrected chi connectivity index (χ1v) is 8.54. The van der Waals surface area contributed by atoms with E-state index in [-0.39, 0.29) is 5.56 Å². The van der Waals surface area contributed by atoms with Crippen molar-refractivity contribution in [2.75, 3.05) is 23.3 Å². The van der Waals surface area contributed by atoms with Crippen molar-refractivity contribution in [1.82, 2.24) is 14.5 Å². The minimum absolute atomic E-state index is 0.00644.